The highest BCUT2D eigenvalue weighted by atomic mass is 32.1. The molecule has 86 valence electrons. The van der Waals surface area contributed by atoms with Gasteiger partial charge >= 0.3 is 7.82 Å². The number of hydrogen-bond donors (Lipinski definition) is 2. The average molecular weight is 251 g/mol. The van der Waals surface area contributed by atoms with E-state index in [0.29, 0.717) is 6.42 Å². The van der Waals surface area contributed by atoms with E-state index >= 15 is 0 Å². The van der Waals surface area contributed by atoms with E-state index in [1.165, 1.54) is 11.3 Å². The van der Waals surface area contributed by atoms with Crippen molar-refractivity contribution in [3.05, 3.63) is 15.6 Å². The van der Waals surface area contributed by atoms with E-state index in [1.54, 1.807) is 6.92 Å². The molecule has 0 radical (unpaired) electrons. The molecule has 1 rings (SSSR count). The Labute approximate surface area is 92.4 Å². The highest BCUT2D eigenvalue weighted by Gasteiger charge is 2.20. The Bertz CT molecular complexity index is 366. The summed E-state index contributed by atoms with van der Waals surface area (Å²) in [5.74, 6) is 0. The van der Waals surface area contributed by atoms with Crippen LogP contribution in [0.5, 0.6) is 0 Å². The molecule has 0 bridgehead atoms. The van der Waals surface area contributed by atoms with Crippen LogP contribution < -0.4 is 0 Å². The van der Waals surface area contributed by atoms with Crippen LogP contribution in [-0.4, -0.2) is 20.9 Å². The fourth-order valence-corrected chi connectivity index (χ4v) is 2.73. The predicted molar refractivity (Wildman–Crippen MR) is 57.9 cm³/mol. The van der Waals surface area contributed by atoms with Gasteiger partial charge in [0.05, 0.1) is 16.8 Å². The second-order valence-electron chi connectivity index (χ2n) is 3.36. The zero-order chi connectivity index (χ0) is 11.6. The Balaban J connectivity index is 2.59. The van der Waals surface area contributed by atoms with Crippen LogP contribution in [0.25, 0.3) is 0 Å². The van der Waals surface area contributed by atoms with E-state index < -0.39 is 13.9 Å². The molecule has 15 heavy (non-hydrogen) atoms. The van der Waals surface area contributed by atoms with Crippen molar-refractivity contribution in [3.8, 4) is 0 Å². The van der Waals surface area contributed by atoms with Gasteiger partial charge in [0.25, 0.3) is 0 Å². The van der Waals surface area contributed by atoms with E-state index in [9.17, 15) is 4.57 Å². The van der Waals surface area contributed by atoms with Gasteiger partial charge in [-0.2, -0.15) is 0 Å². The molecule has 1 unspecified atom stereocenters. The van der Waals surface area contributed by atoms with Gasteiger partial charge in [0.15, 0.2) is 0 Å². The molecular weight excluding hydrogens is 237 g/mol. The van der Waals surface area contributed by atoms with Crippen molar-refractivity contribution < 1.29 is 18.9 Å². The number of aromatic nitrogens is 1. The molecule has 0 aliphatic rings. The van der Waals surface area contributed by atoms with Crippen LogP contribution >= 0.6 is 19.2 Å². The minimum atomic E-state index is -4.39. The lowest BCUT2D eigenvalue weighted by atomic mass is 10.3. The molecule has 0 aliphatic carbocycles. The van der Waals surface area contributed by atoms with E-state index in [-0.39, 0.29) is 0 Å². The molecule has 1 heterocycles. The first-order valence-corrected chi connectivity index (χ1v) is 6.79. The van der Waals surface area contributed by atoms with Gasteiger partial charge in [-0.1, -0.05) is 0 Å². The Morgan fingerprint density at radius 2 is 2.13 bits per heavy atom. The third kappa shape index (κ3) is 4.40. The Morgan fingerprint density at radius 3 is 2.53 bits per heavy atom. The van der Waals surface area contributed by atoms with Crippen molar-refractivity contribution in [3.63, 3.8) is 0 Å². The number of thiazole rings is 1. The van der Waals surface area contributed by atoms with E-state index in [4.69, 9.17) is 9.79 Å². The zero-order valence-electron chi connectivity index (χ0n) is 8.80. The highest BCUT2D eigenvalue weighted by molar-refractivity contribution is 7.46. The SMILES string of the molecule is Cc1nc(CC(C)OP(=O)(O)O)sc1C. The van der Waals surface area contributed by atoms with E-state index in [2.05, 4.69) is 9.51 Å². The van der Waals surface area contributed by atoms with Crippen molar-refractivity contribution in [2.75, 3.05) is 0 Å². The van der Waals surface area contributed by atoms with Crippen molar-refractivity contribution >= 4 is 19.2 Å². The van der Waals surface area contributed by atoms with Gasteiger partial charge < -0.3 is 9.79 Å². The molecule has 2 N–H and O–H groups in total. The Morgan fingerprint density at radius 1 is 1.53 bits per heavy atom. The number of phosphoric ester groups is 1. The summed E-state index contributed by atoms with van der Waals surface area (Å²) in [4.78, 5) is 22.6. The standard InChI is InChI=1S/C8H14NO4PS/c1-5(13-14(10,11)12)4-8-9-6(2)7(3)15-8/h5H,4H2,1-3H3,(H2,10,11,12). The number of hydrogen-bond acceptors (Lipinski definition) is 4. The van der Waals surface area contributed by atoms with Crippen LogP contribution in [0.4, 0.5) is 0 Å². The summed E-state index contributed by atoms with van der Waals surface area (Å²) in [7, 11) is -4.39. The largest absolute Gasteiger partial charge is 0.469 e. The lowest BCUT2D eigenvalue weighted by Crippen LogP contribution is -2.09. The van der Waals surface area contributed by atoms with Gasteiger partial charge in [-0.25, -0.2) is 9.55 Å². The van der Waals surface area contributed by atoms with Gasteiger partial charge in [0, 0.05) is 11.3 Å². The first kappa shape index (κ1) is 12.8. The van der Waals surface area contributed by atoms with Crippen molar-refractivity contribution in [2.45, 2.75) is 33.3 Å². The maximum Gasteiger partial charge on any atom is 0.469 e. The second-order valence-corrected chi connectivity index (χ2v) is 5.84. The highest BCUT2D eigenvalue weighted by Crippen LogP contribution is 2.38. The maximum atomic E-state index is 10.6. The van der Waals surface area contributed by atoms with Crippen LogP contribution in [0, 0.1) is 13.8 Å². The average Bonchev–Trinajstić information content (AvgIpc) is 2.26. The molecule has 0 aromatic carbocycles. The normalized spacial score (nSPS) is 14.2. The van der Waals surface area contributed by atoms with Gasteiger partial charge in [-0.3, -0.25) is 4.52 Å². The smallest absolute Gasteiger partial charge is 0.303 e. The lowest BCUT2D eigenvalue weighted by molar-refractivity contribution is 0.145. The van der Waals surface area contributed by atoms with Crippen molar-refractivity contribution in [2.24, 2.45) is 0 Å². The monoisotopic (exact) mass is 251 g/mol. The fraction of sp³-hybridized carbons (Fsp3) is 0.625. The molecule has 0 saturated heterocycles. The van der Waals surface area contributed by atoms with Crippen molar-refractivity contribution in [1.82, 2.24) is 4.98 Å². The first-order chi connectivity index (χ1) is 6.78. The van der Waals surface area contributed by atoms with Crippen LogP contribution in [-0.2, 0) is 15.5 Å². The van der Waals surface area contributed by atoms with E-state index in [0.717, 1.165) is 15.6 Å². The van der Waals surface area contributed by atoms with Gasteiger partial charge in [0.1, 0.15) is 0 Å². The molecule has 0 fully saturated rings. The minimum Gasteiger partial charge on any atom is -0.303 e. The molecule has 0 saturated carbocycles. The summed E-state index contributed by atoms with van der Waals surface area (Å²) in [6.45, 7) is 5.49. The third-order valence-corrected chi connectivity index (χ3v) is 3.58. The minimum absolute atomic E-state index is 0.421. The summed E-state index contributed by atoms with van der Waals surface area (Å²) >= 11 is 1.52. The summed E-state index contributed by atoms with van der Waals surface area (Å²) in [6, 6.07) is 0. The lowest BCUT2D eigenvalue weighted by Gasteiger charge is -2.11. The van der Waals surface area contributed by atoms with Crippen LogP contribution in [0.1, 0.15) is 22.5 Å². The molecule has 0 amide bonds. The molecular formula is C8H14NO4PS. The molecule has 1 atom stereocenters. The second kappa shape index (κ2) is 4.72. The van der Waals surface area contributed by atoms with Crippen LogP contribution in [0.15, 0.2) is 0 Å². The molecule has 1 aromatic rings. The summed E-state index contributed by atoms with van der Waals surface area (Å²) in [5.41, 5.74) is 0.957. The van der Waals surface area contributed by atoms with Crippen LogP contribution in [0.3, 0.4) is 0 Å². The number of phosphoric acid groups is 1. The fourth-order valence-electron chi connectivity index (χ4n) is 1.14. The molecule has 1 aromatic heterocycles. The topological polar surface area (TPSA) is 79.7 Å². The maximum absolute atomic E-state index is 10.6. The van der Waals surface area contributed by atoms with E-state index in [1.807, 2.05) is 13.8 Å². The van der Waals surface area contributed by atoms with Gasteiger partial charge in [0.2, 0.25) is 0 Å². The first-order valence-electron chi connectivity index (χ1n) is 4.45. The number of nitrogens with zero attached hydrogens (tertiary/aromatic N) is 1. The number of rotatable bonds is 4. The summed E-state index contributed by atoms with van der Waals surface area (Å²) < 4.78 is 15.1. The Hall–Kier alpha value is -0.260. The molecule has 5 nitrogen and oxygen atoms in total. The van der Waals surface area contributed by atoms with Gasteiger partial charge in [-0.15, -0.1) is 11.3 Å². The number of aryl methyl sites for hydroxylation is 2. The van der Waals surface area contributed by atoms with Crippen molar-refractivity contribution in [1.29, 1.82) is 0 Å². The summed E-state index contributed by atoms with van der Waals surface area (Å²) in [5, 5.41) is 0.839. The molecule has 0 spiro atoms. The third-order valence-electron chi connectivity index (χ3n) is 1.85. The quantitative estimate of drug-likeness (QED) is 0.797. The van der Waals surface area contributed by atoms with Gasteiger partial charge in [-0.05, 0) is 20.8 Å². The molecule has 7 heteroatoms. The Kier molecular flexibility index (Phi) is 4.03. The molecule has 0 aliphatic heterocycles. The zero-order valence-corrected chi connectivity index (χ0v) is 10.5. The summed E-state index contributed by atoms with van der Waals surface area (Å²) in [6.07, 6.45) is -0.111. The van der Waals surface area contributed by atoms with Crippen LogP contribution in [0.2, 0.25) is 0 Å². The predicted octanol–water partition coefficient (Wildman–Crippen LogP) is 1.80.